The van der Waals surface area contributed by atoms with Crippen molar-refractivity contribution in [3.05, 3.63) is 28.8 Å². The molecule has 0 bridgehead atoms. The lowest BCUT2D eigenvalue weighted by molar-refractivity contribution is -0.127. The lowest BCUT2D eigenvalue weighted by Gasteiger charge is -2.17. The molecule has 4 nitrogen and oxygen atoms in total. The Morgan fingerprint density at radius 2 is 1.95 bits per heavy atom. The molecule has 1 aromatic carbocycles. The van der Waals surface area contributed by atoms with Crippen LogP contribution in [0.15, 0.2) is 12.1 Å². The third-order valence-corrected chi connectivity index (χ3v) is 4.52. The Kier molecular flexibility index (Phi) is 4.45. The number of benzene rings is 1. The first-order valence-corrected chi connectivity index (χ1v) is 7.62. The molecule has 1 heterocycles. The lowest BCUT2D eigenvalue weighted by atomic mass is 10.1. The van der Waals surface area contributed by atoms with E-state index in [0.717, 1.165) is 22.4 Å². The van der Waals surface area contributed by atoms with Gasteiger partial charge in [-0.15, -0.1) is 0 Å². The maximum absolute atomic E-state index is 12.1. The van der Waals surface area contributed by atoms with Crippen LogP contribution in [0, 0.1) is 20.8 Å². The molecule has 1 aliphatic rings. The number of carbonyl (C=O) groups is 2. The summed E-state index contributed by atoms with van der Waals surface area (Å²) in [6.07, 6.45) is 0. The summed E-state index contributed by atoms with van der Waals surface area (Å²) in [5, 5.41) is 2.87. The topological polar surface area (TPSA) is 49.4 Å². The van der Waals surface area contributed by atoms with Crippen LogP contribution in [-0.2, 0) is 9.59 Å². The van der Waals surface area contributed by atoms with Gasteiger partial charge in [-0.2, -0.15) is 0 Å². The molecule has 6 heteroatoms. The molecule has 1 N–H and O–H groups in total. The molecule has 0 aromatic heterocycles. The Bertz CT molecular complexity index is 560. The second kappa shape index (κ2) is 5.93. The summed E-state index contributed by atoms with van der Waals surface area (Å²) < 4.78 is 0.475. The number of carbonyl (C=O) groups excluding carboxylic acids is 2. The first-order chi connectivity index (χ1) is 9.38. The SMILES string of the molecule is Cc1cc(C)c(NC(=O)CN2C(=O)CSC2=S)c(C)c1. The minimum atomic E-state index is -0.224. The van der Waals surface area contributed by atoms with Crippen molar-refractivity contribution in [1.82, 2.24) is 4.90 Å². The average molecular weight is 308 g/mol. The Morgan fingerprint density at radius 1 is 1.35 bits per heavy atom. The highest BCUT2D eigenvalue weighted by molar-refractivity contribution is 8.23. The van der Waals surface area contributed by atoms with Crippen molar-refractivity contribution in [2.24, 2.45) is 0 Å². The van der Waals surface area contributed by atoms with Gasteiger partial charge < -0.3 is 5.32 Å². The Labute approximate surface area is 127 Å². The van der Waals surface area contributed by atoms with E-state index in [9.17, 15) is 9.59 Å². The molecule has 2 amide bonds. The zero-order valence-electron chi connectivity index (χ0n) is 11.6. The van der Waals surface area contributed by atoms with Gasteiger partial charge >= 0.3 is 0 Å². The monoisotopic (exact) mass is 308 g/mol. The van der Waals surface area contributed by atoms with Crippen molar-refractivity contribution in [2.75, 3.05) is 17.6 Å². The van der Waals surface area contributed by atoms with Crippen molar-refractivity contribution in [3.63, 3.8) is 0 Å². The molecule has 2 rings (SSSR count). The fourth-order valence-electron chi connectivity index (χ4n) is 2.23. The second-order valence-electron chi connectivity index (χ2n) is 4.86. The van der Waals surface area contributed by atoms with Gasteiger partial charge in [-0.25, -0.2) is 0 Å². The van der Waals surface area contributed by atoms with E-state index in [0.29, 0.717) is 10.1 Å². The molecule has 0 unspecified atom stereocenters. The van der Waals surface area contributed by atoms with Crippen molar-refractivity contribution in [1.29, 1.82) is 0 Å². The molecule has 0 spiro atoms. The van der Waals surface area contributed by atoms with Crippen LogP contribution in [0.25, 0.3) is 0 Å². The predicted octanol–water partition coefficient (Wildman–Crippen LogP) is 2.41. The second-order valence-corrected chi connectivity index (χ2v) is 6.47. The van der Waals surface area contributed by atoms with E-state index in [2.05, 4.69) is 5.32 Å². The molecule has 0 atom stereocenters. The number of amides is 2. The Balaban J connectivity index is 2.09. The average Bonchev–Trinajstić information content (AvgIpc) is 2.65. The third kappa shape index (κ3) is 3.19. The number of thioether (sulfide) groups is 1. The van der Waals surface area contributed by atoms with E-state index >= 15 is 0 Å². The summed E-state index contributed by atoms with van der Waals surface area (Å²) in [5.74, 6) is 0.0000696. The first-order valence-electron chi connectivity index (χ1n) is 6.23. The van der Waals surface area contributed by atoms with Crippen molar-refractivity contribution in [2.45, 2.75) is 20.8 Å². The van der Waals surface area contributed by atoms with Crippen molar-refractivity contribution >= 4 is 45.8 Å². The molecular formula is C14H16N2O2S2. The van der Waals surface area contributed by atoms with Crippen LogP contribution in [0.2, 0.25) is 0 Å². The van der Waals surface area contributed by atoms with Crippen LogP contribution >= 0.6 is 24.0 Å². The van der Waals surface area contributed by atoms with E-state index in [1.165, 1.54) is 16.7 Å². The molecule has 106 valence electrons. The lowest BCUT2D eigenvalue weighted by Crippen LogP contribution is -2.36. The van der Waals surface area contributed by atoms with E-state index in [-0.39, 0.29) is 18.4 Å². The smallest absolute Gasteiger partial charge is 0.244 e. The van der Waals surface area contributed by atoms with Crippen molar-refractivity contribution < 1.29 is 9.59 Å². The standard InChI is InChI=1S/C14H16N2O2S2/c1-8-4-9(2)13(10(3)5-8)15-11(17)6-16-12(18)7-20-14(16)19/h4-5H,6-7H2,1-3H3,(H,15,17). The molecule has 0 radical (unpaired) electrons. The number of rotatable bonds is 3. The molecule has 1 aliphatic heterocycles. The summed E-state index contributed by atoms with van der Waals surface area (Å²) in [7, 11) is 0. The maximum atomic E-state index is 12.1. The highest BCUT2D eigenvalue weighted by Crippen LogP contribution is 2.23. The van der Waals surface area contributed by atoms with Crippen LogP contribution in [0.3, 0.4) is 0 Å². The van der Waals surface area contributed by atoms with Gasteiger partial charge in [0, 0.05) is 5.69 Å². The Morgan fingerprint density at radius 3 is 2.45 bits per heavy atom. The van der Waals surface area contributed by atoms with E-state index < -0.39 is 0 Å². The zero-order chi connectivity index (χ0) is 14.9. The number of thiocarbonyl (C=S) groups is 1. The molecule has 1 fully saturated rings. The summed E-state index contributed by atoms with van der Waals surface area (Å²) in [4.78, 5) is 25.0. The van der Waals surface area contributed by atoms with E-state index in [1.807, 2.05) is 32.9 Å². The number of nitrogens with zero attached hydrogens (tertiary/aromatic N) is 1. The molecule has 0 saturated carbocycles. The minimum Gasteiger partial charge on any atom is -0.324 e. The van der Waals surface area contributed by atoms with Gasteiger partial charge in [0.2, 0.25) is 11.8 Å². The number of hydrogen-bond donors (Lipinski definition) is 1. The summed E-state index contributed by atoms with van der Waals surface area (Å²) in [5.41, 5.74) is 4.00. The van der Waals surface area contributed by atoms with Gasteiger partial charge in [0.05, 0.1) is 5.75 Å². The summed E-state index contributed by atoms with van der Waals surface area (Å²) >= 11 is 6.36. The normalized spacial score (nSPS) is 14.8. The highest BCUT2D eigenvalue weighted by atomic mass is 32.2. The van der Waals surface area contributed by atoms with Crippen LogP contribution < -0.4 is 5.32 Å². The number of aryl methyl sites for hydroxylation is 3. The highest BCUT2D eigenvalue weighted by Gasteiger charge is 2.28. The first kappa shape index (κ1) is 15.0. The van der Waals surface area contributed by atoms with E-state index in [1.54, 1.807) is 0 Å². The zero-order valence-corrected chi connectivity index (χ0v) is 13.3. The molecule has 1 saturated heterocycles. The molecule has 0 aliphatic carbocycles. The van der Waals surface area contributed by atoms with Gasteiger partial charge in [-0.1, -0.05) is 41.7 Å². The molecular weight excluding hydrogens is 292 g/mol. The third-order valence-electron chi connectivity index (χ3n) is 3.08. The summed E-state index contributed by atoms with van der Waals surface area (Å²) in [6, 6.07) is 4.04. The molecule has 1 aromatic rings. The van der Waals surface area contributed by atoms with Gasteiger partial charge in [0.1, 0.15) is 10.9 Å². The fraction of sp³-hybridized carbons (Fsp3) is 0.357. The van der Waals surface area contributed by atoms with Crippen molar-refractivity contribution in [3.8, 4) is 0 Å². The van der Waals surface area contributed by atoms with Gasteiger partial charge in [0.25, 0.3) is 0 Å². The van der Waals surface area contributed by atoms with Gasteiger partial charge in [-0.05, 0) is 31.9 Å². The molecule has 20 heavy (non-hydrogen) atoms. The van der Waals surface area contributed by atoms with E-state index in [4.69, 9.17) is 12.2 Å². The number of nitrogens with one attached hydrogen (secondary N) is 1. The largest absolute Gasteiger partial charge is 0.324 e. The van der Waals surface area contributed by atoms with Crippen LogP contribution in [0.4, 0.5) is 5.69 Å². The Hall–Kier alpha value is -1.40. The maximum Gasteiger partial charge on any atom is 0.244 e. The van der Waals surface area contributed by atoms with Gasteiger partial charge in [0.15, 0.2) is 0 Å². The van der Waals surface area contributed by atoms with Gasteiger partial charge in [-0.3, -0.25) is 14.5 Å². The number of hydrogen-bond acceptors (Lipinski definition) is 4. The minimum absolute atomic E-state index is 0.0164. The summed E-state index contributed by atoms with van der Waals surface area (Å²) in [6.45, 7) is 5.91. The van der Waals surface area contributed by atoms with Crippen LogP contribution in [-0.4, -0.2) is 33.3 Å². The van der Waals surface area contributed by atoms with Crippen LogP contribution in [0.1, 0.15) is 16.7 Å². The number of anilines is 1. The fourth-order valence-corrected chi connectivity index (χ4v) is 3.30. The predicted molar refractivity (Wildman–Crippen MR) is 86.1 cm³/mol. The van der Waals surface area contributed by atoms with Crippen LogP contribution in [0.5, 0.6) is 0 Å². The quantitative estimate of drug-likeness (QED) is 0.871.